The number of fused-ring (bicyclic) bond motifs is 1. The van der Waals surface area contributed by atoms with Crippen LogP contribution in [-0.2, 0) is 4.74 Å². The van der Waals surface area contributed by atoms with Gasteiger partial charge in [-0.15, -0.1) is 0 Å². The van der Waals surface area contributed by atoms with E-state index in [0.29, 0.717) is 5.92 Å². The maximum atomic E-state index is 12.6. The zero-order valence-electron chi connectivity index (χ0n) is 12.9. The lowest BCUT2D eigenvalue weighted by molar-refractivity contribution is -0.0132. The quantitative estimate of drug-likeness (QED) is 0.803. The Labute approximate surface area is 121 Å². The van der Waals surface area contributed by atoms with Crippen LogP contribution in [0.25, 0.3) is 0 Å². The summed E-state index contributed by atoms with van der Waals surface area (Å²) in [5, 5.41) is 10.5. The molecule has 1 amide bonds. The van der Waals surface area contributed by atoms with Crippen molar-refractivity contribution in [2.24, 2.45) is 5.92 Å². The number of carbonyl (C=O) groups is 1. The van der Waals surface area contributed by atoms with Gasteiger partial charge in [0.2, 0.25) is 0 Å². The second kappa shape index (κ2) is 4.62. The van der Waals surface area contributed by atoms with Gasteiger partial charge in [-0.2, -0.15) is 0 Å². The van der Waals surface area contributed by atoms with E-state index in [1.54, 1.807) is 0 Å². The van der Waals surface area contributed by atoms with Gasteiger partial charge in [0.25, 0.3) is 0 Å². The van der Waals surface area contributed by atoms with Gasteiger partial charge >= 0.3 is 6.09 Å². The number of aliphatic hydroxyl groups is 1. The van der Waals surface area contributed by atoms with Crippen molar-refractivity contribution in [3.8, 4) is 0 Å². The fourth-order valence-electron chi connectivity index (χ4n) is 3.98. The number of rotatable bonds is 1. The Bertz CT molecular complexity index is 397. The number of carbonyl (C=O) groups excluding carboxylic acids is 1. The molecule has 0 aromatic rings. The van der Waals surface area contributed by atoms with Crippen LogP contribution in [-0.4, -0.2) is 39.4 Å². The molecule has 3 atom stereocenters. The molecule has 3 rings (SSSR count). The highest BCUT2D eigenvalue weighted by atomic mass is 16.6. The molecule has 4 nitrogen and oxygen atoms in total. The first kappa shape index (κ1) is 14.2. The third kappa shape index (κ3) is 2.54. The summed E-state index contributed by atoms with van der Waals surface area (Å²) in [6, 6.07) is 0.263. The Morgan fingerprint density at radius 1 is 1.25 bits per heavy atom. The zero-order chi connectivity index (χ0) is 14.5. The summed E-state index contributed by atoms with van der Waals surface area (Å²) in [7, 11) is 0. The molecule has 114 valence electrons. The average Bonchev–Trinajstić information content (AvgIpc) is 2.96. The molecule has 1 aliphatic heterocycles. The van der Waals surface area contributed by atoms with Gasteiger partial charge < -0.3 is 9.84 Å². The Hall–Kier alpha value is -0.770. The highest BCUT2D eigenvalue weighted by Gasteiger charge is 2.58. The molecule has 1 saturated heterocycles. The molecule has 3 unspecified atom stereocenters. The van der Waals surface area contributed by atoms with Gasteiger partial charge in [0.05, 0.1) is 11.6 Å². The zero-order valence-corrected chi connectivity index (χ0v) is 12.9. The van der Waals surface area contributed by atoms with Gasteiger partial charge in [-0.25, -0.2) is 4.79 Å². The molecule has 2 aliphatic carbocycles. The van der Waals surface area contributed by atoms with E-state index in [4.69, 9.17) is 4.74 Å². The minimum Gasteiger partial charge on any atom is -0.444 e. The van der Waals surface area contributed by atoms with Gasteiger partial charge in [0.15, 0.2) is 0 Å². The van der Waals surface area contributed by atoms with E-state index >= 15 is 0 Å². The highest BCUT2D eigenvalue weighted by Crippen LogP contribution is 2.51. The van der Waals surface area contributed by atoms with E-state index < -0.39 is 11.2 Å². The predicted molar refractivity (Wildman–Crippen MR) is 76.4 cm³/mol. The molecule has 1 N–H and O–H groups in total. The smallest absolute Gasteiger partial charge is 0.410 e. The van der Waals surface area contributed by atoms with Crippen molar-refractivity contribution in [3.63, 3.8) is 0 Å². The van der Waals surface area contributed by atoms with Crippen LogP contribution in [0.3, 0.4) is 0 Å². The highest BCUT2D eigenvalue weighted by molar-refractivity contribution is 5.70. The van der Waals surface area contributed by atoms with E-state index in [-0.39, 0.29) is 18.2 Å². The normalized spacial score (nSPS) is 35.6. The van der Waals surface area contributed by atoms with Crippen molar-refractivity contribution in [3.05, 3.63) is 0 Å². The largest absolute Gasteiger partial charge is 0.444 e. The molecule has 0 spiro atoms. The number of ether oxygens (including phenoxy) is 1. The summed E-state index contributed by atoms with van der Waals surface area (Å²) in [4.78, 5) is 14.5. The van der Waals surface area contributed by atoms with Crippen LogP contribution in [0.15, 0.2) is 0 Å². The second-order valence-electron chi connectivity index (χ2n) is 7.85. The monoisotopic (exact) mass is 281 g/mol. The van der Waals surface area contributed by atoms with Crippen LogP contribution < -0.4 is 0 Å². The molecule has 0 aromatic heterocycles. The van der Waals surface area contributed by atoms with Gasteiger partial charge in [0, 0.05) is 6.04 Å². The van der Waals surface area contributed by atoms with Gasteiger partial charge in [0.1, 0.15) is 5.60 Å². The first-order valence-electron chi connectivity index (χ1n) is 8.04. The number of likely N-dealkylation sites (tertiary alicyclic amines) is 1. The van der Waals surface area contributed by atoms with Crippen molar-refractivity contribution in [2.75, 3.05) is 0 Å². The number of hydrogen-bond acceptors (Lipinski definition) is 3. The van der Waals surface area contributed by atoms with Crippen molar-refractivity contribution in [1.29, 1.82) is 0 Å². The first-order valence-corrected chi connectivity index (χ1v) is 8.04. The number of nitrogens with zero attached hydrogens (tertiary/aromatic N) is 1. The SMILES string of the molecule is CC(C)(C)OC(=O)N1C2CCCCC2CC1C1(O)CC1. The molecule has 20 heavy (non-hydrogen) atoms. The van der Waals surface area contributed by atoms with E-state index in [2.05, 4.69) is 0 Å². The lowest BCUT2D eigenvalue weighted by Crippen LogP contribution is -2.50. The third-order valence-corrected chi connectivity index (χ3v) is 5.07. The lowest BCUT2D eigenvalue weighted by atomic mass is 9.84. The predicted octanol–water partition coefficient (Wildman–Crippen LogP) is 3.08. The van der Waals surface area contributed by atoms with Gasteiger partial charge in [-0.1, -0.05) is 12.8 Å². The summed E-state index contributed by atoms with van der Waals surface area (Å²) in [6.07, 6.45) is 7.09. The summed E-state index contributed by atoms with van der Waals surface area (Å²) >= 11 is 0. The molecule has 0 bridgehead atoms. The molecule has 0 aromatic carbocycles. The molecule has 1 heterocycles. The Morgan fingerprint density at radius 3 is 2.50 bits per heavy atom. The number of amides is 1. The van der Waals surface area contributed by atoms with Crippen LogP contribution in [0.1, 0.15) is 65.7 Å². The van der Waals surface area contributed by atoms with Crippen LogP contribution in [0.2, 0.25) is 0 Å². The van der Waals surface area contributed by atoms with Crippen molar-refractivity contribution in [1.82, 2.24) is 4.90 Å². The van der Waals surface area contributed by atoms with Gasteiger partial charge in [-0.05, 0) is 58.8 Å². The molecule has 2 saturated carbocycles. The summed E-state index contributed by atoms with van der Waals surface area (Å²) in [5.74, 6) is 0.561. The van der Waals surface area contributed by atoms with Crippen LogP contribution in [0.5, 0.6) is 0 Å². The van der Waals surface area contributed by atoms with Crippen molar-refractivity contribution >= 4 is 6.09 Å². The fraction of sp³-hybridized carbons (Fsp3) is 0.938. The standard InChI is InChI=1S/C16H27NO3/c1-15(2,3)20-14(18)17-12-7-5-4-6-11(12)10-13(17)16(19)8-9-16/h11-13,19H,4-10H2,1-3H3. The van der Waals surface area contributed by atoms with E-state index in [0.717, 1.165) is 25.7 Å². The lowest BCUT2D eigenvalue weighted by Gasteiger charge is -2.36. The van der Waals surface area contributed by atoms with Crippen molar-refractivity contribution in [2.45, 2.75) is 89.0 Å². The molecule has 3 aliphatic rings. The van der Waals surface area contributed by atoms with Crippen molar-refractivity contribution < 1.29 is 14.6 Å². The van der Waals surface area contributed by atoms with Crippen LogP contribution >= 0.6 is 0 Å². The second-order valence-corrected chi connectivity index (χ2v) is 7.85. The molecule has 4 heteroatoms. The van der Waals surface area contributed by atoms with E-state index in [1.165, 1.54) is 19.3 Å². The number of hydrogen-bond donors (Lipinski definition) is 1. The maximum absolute atomic E-state index is 12.6. The molecular formula is C16H27NO3. The maximum Gasteiger partial charge on any atom is 0.410 e. The minimum absolute atomic E-state index is 0.0227. The molecular weight excluding hydrogens is 254 g/mol. The first-order chi connectivity index (χ1) is 9.30. The van der Waals surface area contributed by atoms with Gasteiger partial charge in [-0.3, -0.25) is 4.90 Å². The van der Waals surface area contributed by atoms with Crippen LogP contribution in [0.4, 0.5) is 4.79 Å². The molecule has 3 fully saturated rings. The van der Waals surface area contributed by atoms with E-state index in [1.807, 2.05) is 25.7 Å². The Morgan fingerprint density at radius 2 is 1.90 bits per heavy atom. The fourth-order valence-corrected chi connectivity index (χ4v) is 3.98. The topological polar surface area (TPSA) is 49.8 Å². The summed E-state index contributed by atoms with van der Waals surface area (Å²) in [5.41, 5.74) is -1.10. The summed E-state index contributed by atoms with van der Waals surface area (Å²) in [6.45, 7) is 5.71. The molecule has 0 radical (unpaired) electrons. The van der Waals surface area contributed by atoms with E-state index in [9.17, 15) is 9.90 Å². The van der Waals surface area contributed by atoms with Crippen LogP contribution in [0, 0.1) is 5.92 Å². The Kier molecular flexibility index (Phi) is 3.27. The Balaban J connectivity index is 1.81. The minimum atomic E-state index is -0.631. The third-order valence-electron chi connectivity index (χ3n) is 5.07. The summed E-state index contributed by atoms with van der Waals surface area (Å²) < 4.78 is 5.60. The average molecular weight is 281 g/mol.